The van der Waals surface area contributed by atoms with E-state index in [9.17, 15) is 91.0 Å². The van der Waals surface area contributed by atoms with E-state index in [0.29, 0.717) is 98.5 Å². The summed E-state index contributed by atoms with van der Waals surface area (Å²) in [5, 5.41) is 52.6. The number of hydrogen-bond donors (Lipinski definition) is 7. The van der Waals surface area contributed by atoms with Gasteiger partial charge in [0.15, 0.2) is 46.5 Å². The number of pyridine rings is 4. The van der Waals surface area contributed by atoms with Gasteiger partial charge in [0, 0.05) is 53.1 Å². The van der Waals surface area contributed by atoms with Crippen molar-refractivity contribution in [3.8, 4) is 63.9 Å². The van der Waals surface area contributed by atoms with Gasteiger partial charge in [0.25, 0.3) is 0 Å². The Kier molecular flexibility index (Phi) is 32.1. The minimum atomic E-state index is -4.50. The van der Waals surface area contributed by atoms with Crippen molar-refractivity contribution >= 4 is 109 Å². The van der Waals surface area contributed by atoms with E-state index in [4.69, 9.17) is 16.3 Å². The van der Waals surface area contributed by atoms with Crippen molar-refractivity contribution in [2.45, 2.75) is 86.0 Å². The van der Waals surface area contributed by atoms with Crippen molar-refractivity contribution in [1.29, 1.82) is 10.5 Å². The monoisotopic (exact) mass is 2060 g/mol. The molecule has 12 aromatic heterocycles. The van der Waals surface area contributed by atoms with Crippen molar-refractivity contribution < 1.29 is 94.7 Å². The molecule has 47 heteroatoms. The summed E-state index contributed by atoms with van der Waals surface area (Å²) in [4.78, 5) is 56.9. The molecule has 0 aliphatic rings. The Morgan fingerprint density at radius 1 is 0.439 bits per heavy atom. The largest absolute Gasteiger partial charge is 0.501 e. The number of imidazole rings is 5. The zero-order chi connectivity index (χ0) is 105. The van der Waals surface area contributed by atoms with E-state index >= 15 is 0 Å². The molecule has 0 aliphatic heterocycles. The maximum absolute atomic E-state index is 14.0. The Labute approximate surface area is 832 Å². The Morgan fingerprint density at radius 2 is 0.899 bits per heavy atom. The summed E-state index contributed by atoms with van der Waals surface area (Å²) < 4.78 is 228. The zero-order valence-corrected chi connectivity index (χ0v) is 78.1. The molecule has 19 rings (SSSR count). The fourth-order valence-electron chi connectivity index (χ4n) is 14.8. The third-order valence-corrected chi connectivity index (χ3v) is 21.6. The summed E-state index contributed by atoms with van der Waals surface area (Å²) in [6.07, 6.45) is 4.42. The van der Waals surface area contributed by atoms with Crippen molar-refractivity contribution in [3.05, 3.63) is 353 Å². The number of nitriles is 2. The van der Waals surface area contributed by atoms with Gasteiger partial charge in [0.05, 0.1) is 170 Å². The highest BCUT2D eigenvalue weighted by atomic mass is 35.5. The van der Waals surface area contributed by atoms with Gasteiger partial charge in [-0.25, -0.2) is 63.0 Å². The lowest BCUT2D eigenvalue weighted by molar-refractivity contribution is -0.138. The molecule has 12 heterocycles. The molecule has 0 fully saturated rings. The molecule has 7 aromatic carbocycles. The minimum absolute atomic E-state index is 0.000294. The highest BCUT2D eigenvalue weighted by molar-refractivity contribution is 6.31. The molecule has 0 saturated carbocycles. The van der Waals surface area contributed by atoms with E-state index in [2.05, 4.69) is 114 Å². The van der Waals surface area contributed by atoms with E-state index in [-0.39, 0.29) is 57.0 Å². The molecule has 0 amide bonds. The first-order chi connectivity index (χ1) is 70.9. The number of alkyl halides is 13. The van der Waals surface area contributed by atoms with Gasteiger partial charge < -0.3 is 51.0 Å². The van der Waals surface area contributed by atoms with Crippen LogP contribution in [-0.4, -0.2) is 117 Å². The fraction of sp³-hybridized carbons (Fsp3) is 0.139. The average Bonchev–Trinajstić information content (AvgIpc) is 1.63. The van der Waals surface area contributed by atoms with E-state index in [1.165, 1.54) is 161 Å². The molecular weight excluding hydrogens is 1980 g/mol. The van der Waals surface area contributed by atoms with Gasteiger partial charge in [-0.05, 0) is 222 Å². The van der Waals surface area contributed by atoms with Crippen LogP contribution in [0, 0.1) is 60.9 Å². The molecular formula is C101H76ClF16N25O5. The van der Waals surface area contributed by atoms with E-state index in [0.717, 1.165) is 82.6 Å². The topological polar surface area (TPSA) is 367 Å². The predicted octanol–water partition coefficient (Wildman–Crippen LogP) is 24.4. The second-order valence-corrected chi connectivity index (χ2v) is 31.8. The summed E-state index contributed by atoms with van der Waals surface area (Å²) in [5.74, 6) is 2.77. The van der Waals surface area contributed by atoms with Gasteiger partial charge >= 0.3 is 31.8 Å². The molecule has 0 bridgehead atoms. The minimum Gasteiger partial charge on any atom is -0.501 e. The average molecular weight is 2060 g/mol. The van der Waals surface area contributed by atoms with Gasteiger partial charge in [-0.1, -0.05) is 36.7 Å². The van der Waals surface area contributed by atoms with Gasteiger partial charge in [-0.3, -0.25) is 37.5 Å². The molecule has 0 radical (unpaired) electrons. The van der Waals surface area contributed by atoms with Crippen molar-refractivity contribution in [3.63, 3.8) is 0 Å². The number of nitrogens with one attached hydrogen (secondary N) is 5. The summed E-state index contributed by atoms with van der Waals surface area (Å²) in [5.41, 5.74) is 7.91. The first kappa shape index (κ1) is 104. The Bertz CT molecular complexity index is 8110. The normalized spacial score (nSPS) is 11.4. The number of aryl methyl sites for hydroxylation is 4. The van der Waals surface area contributed by atoms with Crippen LogP contribution < -0.4 is 36.1 Å². The highest BCUT2D eigenvalue weighted by Crippen LogP contribution is 2.40. The summed E-state index contributed by atoms with van der Waals surface area (Å²) >= 11 is 5.77. The van der Waals surface area contributed by atoms with Crippen molar-refractivity contribution in [2.75, 3.05) is 33.2 Å². The number of aromatic nitrogens is 18. The lowest BCUT2D eigenvalue weighted by Gasteiger charge is -2.12. The number of halogens is 17. The Morgan fingerprint density at radius 3 is 1.38 bits per heavy atom. The second kappa shape index (κ2) is 45.6. The molecule has 0 saturated heterocycles. The molecule has 0 unspecified atom stereocenters. The SMILES string of the molecule is CCO/C=C\c1cn(-c2cncc(Nc3ccc(C(F)(F)F)cc3)n2)c(C)n1.CCc1ccc2nc(C)n(-c3cncc(Nc4ccc(C(F)(F)F)cc4)n3)c2c1.Cc1nc2ccccc2n1-c1cncc(Nc2ccc(C(F)(F)F)c(Cl)c2)n1.N#Cc1cc(Nc2ccc(OC(F)F)c(F)c2)nc(-c2c(CO)nc3ccc(F)cn23)c1.N#Cc1cc(Nc2ccc(OC(F)F)cc2)nc(-c2c(CO)nc3ccc(F)cn23)c1. The number of aliphatic hydroxyl groups is 2. The Hall–Kier alpha value is -18.2. The van der Waals surface area contributed by atoms with Crippen molar-refractivity contribution in [2.24, 2.45) is 0 Å². The van der Waals surface area contributed by atoms with E-state index in [1.807, 2.05) is 85.4 Å². The highest BCUT2D eigenvalue weighted by Gasteiger charge is 2.35. The van der Waals surface area contributed by atoms with Crippen LogP contribution in [0.1, 0.15) is 81.8 Å². The fourth-order valence-corrected chi connectivity index (χ4v) is 15.1. The zero-order valence-electron chi connectivity index (χ0n) is 77.4. The molecule has 7 N–H and O–H groups in total. The number of rotatable bonds is 25. The lowest BCUT2D eigenvalue weighted by Crippen LogP contribution is -2.06. The number of nitrogens with zero attached hydrogens (tertiary/aromatic N) is 20. The number of anilines is 10. The second-order valence-electron chi connectivity index (χ2n) is 31.4. The summed E-state index contributed by atoms with van der Waals surface area (Å²) in [6, 6.07) is 50.8. The van der Waals surface area contributed by atoms with E-state index < -0.39 is 89.9 Å². The van der Waals surface area contributed by atoms with Gasteiger partial charge in [0.1, 0.15) is 57.8 Å². The number of ether oxygens (including phenoxy) is 3. The Balaban J connectivity index is 0.000000139. The van der Waals surface area contributed by atoms with Crippen LogP contribution in [0.3, 0.4) is 0 Å². The predicted molar refractivity (Wildman–Crippen MR) is 517 cm³/mol. The number of para-hydroxylation sites is 2. The van der Waals surface area contributed by atoms with Crippen LogP contribution in [0.15, 0.2) is 262 Å². The van der Waals surface area contributed by atoms with Gasteiger partial charge in [-0.15, -0.1) is 0 Å². The number of hydrogen-bond acceptors (Lipinski definition) is 25. The first-order valence-corrected chi connectivity index (χ1v) is 44.3. The molecule has 0 aliphatic carbocycles. The molecule has 148 heavy (non-hydrogen) atoms. The molecule has 30 nitrogen and oxygen atoms in total. The summed E-state index contributed by atoms with van der Waals surface area (Å²) in [7, 11) is 0. The van der Waals surface area contributed by atoms with Gasteiger partial charge in [0.2, 0.25) is 0 Å². The molecule has 0 spiro atoms. The number of fused-ring (bicyclic) bond motifs is 4. The van der Waals surface area contributed by atoms with Crippen LogP contribution in [0.5, 0.6) is 11.5 Å². The van der Waals surface area contributed by atoms with Crippen LogP contribution >= 0.6 is 11.6 Å². The number of benzene rings is 7. The van der Waals surface area contributed by atoms with Crippen LogP contribution in [0.2, 0.25) is 5.02 Å². The van der Waals surface area contributed by atoms with Crippen LogP contribution in [0.4, 0.5) is 128 Å². The third-order valence-electron chi connectivity index (χ3n) is 21.3. The smallest absolute Gasteiger partial charge is 0.417 e. The molecule has 19 aromatic rings. The maximum Gasteiger partial charge on any atom is 0.417 e. The lowest BCUT2D eigenvalue weighted by atomic mass is 10.1. The maximum atomic E-state index is 14.0. The first-order valence-electron chi connectivity index (χ1n) is 43.9. The quantitative estimate of drug-likeness (QED) is 0.0206. The standard InChI is InChI=1S/C21H13F4N5O2.C21H14F3N5O2.C21H18F3N5.C19H13ClF3N5.C19H18F3N5O/c22-12-1-4-19-29-16(10-31)20(30(19)9-12)15-5-11(8-26)6-18(28-15)27-13-2-3-17(14(23)7-13)32-21(24)25;22-13-1-6-19-28-17(11-30)20(29(19)10-13)16-7-12(9-25)8-18(27-16)26-14-2-4-15(5-3-14)31-21(23)24;1-3-14-4-9-17-18(10-14)29(13(2)26-17)20-12-25-11-19(28-20)27-16-7-5-15(6-8-16)21(22,23)24;1-11-25-15-4-2-3-5-16(15)28(11)18-10-24-9-17(27-18)26-12-6-7-13(14(20)8-12)19(21,22)23;1-3-28-9-8-16-12-27(13(2)24-16)18-11-23-10-17(26-18)25-15-6-4-14(5-7-15)19(20,21)22/h1-7,9,21,31H,10H2,(H,27,28);1-8,10,21,30H,11H2,(H,26,27);4-12H,3H2,1-2H3,(H,27,28);2-10H,1H3,(H,26,27);4-12H,3H2,1-2H3,(H,25,26)/b;;;;9-8-. The van der Waals surface area contributed by atoms with Crippen molar-refractivity contribution in [1.82, 2.24) is 87.3 Å². The van der Waals surface area contributed by atoms with Crippen LogP contribution in [0.25, 0.3) is 79.7 Å². The van der Waals surface area contributed by atoms with E-state index in [1.54, 1.807) is 41.7 Å². The third kappa shape index (κ3) is 25.7. The number of aliphatic hydroxyl groups excluding tert-OH is 2. The molecule has 0 atom stereocenters. The summed E-state index contributed by atoms with van der Waals surface area (Å²) in [6.45, 7) is 3.15. The van der Waals surface area contributed by atoms with Gasteiger partial charge in [-0.2, -0.15) is 67.6 Å². The molecule has 754 valence electrons. The van der Waals surface area contributed by atoms with Crippen LogP contribution in [-0.2, 0) is 42.9 Å².